The van der Waals surface area contributed by atoms with Gasteiger partial charge in [-0.1, -0.05) is 45.1 Å². The van der Waals surface area contributed by atoms with Crippen LogP contribution < -0.4 is 5.32 Å². The molecule has 0 spiro atoms. The van der Waals surface area contributed by atoms with Gasteiger partial charge in [-0.3, -0.25) is 4.79 Å². The lowest BCUT2D eigenvalue weighted by Crippen LogP contribution is -2.25. The van der Waals surface area contributed by atoms with Crippen molar-refractivity contribution in [1.29, 1.82) is 0 Å². The van der Waals surface area contributed by atoms with Gasteiger partial charge in [-0.05, 0) is 29.5 Å². The van der Waals surface area contributed by atoms with Crippen molar-refractivity contribution >= 4 is 12.0 Å². The molecule has 2 aromatic rings. The summed E-state index contributed by atoms with van der Waals surface area (Å²) in [5.41, 5.74) is 1.96. The molecule has 0 bridgehead atoms. The number of rotatable bonds is 6. The number of aryl methyl sites for hydroxylation is 1. The largest absolute Gasteiger partial charge is 0.352 e. The van der Waals surface area contributed by atoms with Gasteiger partial charge < -0.3 is 9.88 Å². The number of hydrogen-bond acceptors (Lipinski definition) is 2. The molecule has 2 rings (SSSR count). The SMILES string of the molecule is CC(C)(C)/C=C/c1ccc(C(=O)NCCCn2ccnc2)cc1. The van der Waals surface area contributed by atoms with E-state index in [-0.39, 0.29) is 11.3 Å². The predicted octanol–water partition coefficient (Wildman–Crippen LogP) is 3.76. The summed E-state index contributed by atoms with van der Waals surface area (Å²) < 4.78 is 2.00. The van der Waals surface area contributed by atoms with E-state index in [1.807, 2.05) is 35.0 Å². The third-order valence-corrected chi connectivity index (χ3v) is 3.39. The number of carbonyl (C=O) groups is 1. The number of amides is 1. The maximum absolute atomic E-state index is 12.1. The molecular formula is C19H25N3O. The quantitative estimate of drug-likeness (QED) is 0.826. The van der Waals surface area contributed by atoms with Crippen LogP contribution in [0.3, 0.4) is 0 Å². The molecule has 0 unspecified atom stereocenters. The second kappa shape index (κ2) is 7.77. The predicted molar refractivity (Wildman–Crippen MR) is 94.1 cm³/mol. The number of nitrogens with one attached hydrogen (secondary N) is 1. The highest BCUT2D eigenvalue weighted by atomic mass is 16.1. The number of carbonyl (C=O) groups excluding carboxylic acids is 1. The zero-order chi connectivity index (χ0) is 16.7. The van der Waals surface area contributed by atoms with Crippen LogP contribution in [-0.2, 0) is 6.54 Å². The molecule has 0 radical (unpaired) electrons. The van der Waals surface area contributed by atoms with E-state index in [1.165, 1.54) is 0 Å². The van der Waals surface area contributed by atoms with Gasteiger partial charge in [0.2, 0.25) is 0 Å². The summed E-state index contributed by atoms with van der Waals surface area (Å²) in [7, 11) is 0. The van der Waals surface area contributed by atoms with E-state index in [9.17, 15) is 4.79 Å². The van der Waals surface area contributed by atoms with Crippen molar-refractivity contribution < 1.29 is 4.79 Å². The summed E-state index contributed by atoms with van der Waals surface area (Å²) in [6.45, 7) is 8.00. The fourth-order valence-corrected chi connectivity index (χ4v) is 2.08. The molecule has 1 aromatic heterocycles. The van der Waals surface area contributed by atoms with Crippen molar-refractivity contribution in [2.75, 3.05) is 6.54 Å². The molecule has 0 aliphatic carbocycles. The zero-order valence-electron chi connectivity index (χ0n) is 14.1. The molecule has 1 N–H and O–H groups in total. The standard InChI is InChI=1S/C19H25N3O/c1-19(2,3)10-9-16-5-7-17(8-6-16)18(23)21-11-4-13-22-14-12-20-15-22/h5-10,12,14-15H,4,11,13H2,1-3H3,(H,21,23)/b10-9+. The molecule has 0 aliphatic rings. The first-order valence-corrected chi connectivity index (χ1v) is 7.97. The fourth-order valence-electron chi connectivity index (χ4n) is 2.08. The molecular weight excluding hydrogens is 286 g/mol. The van der Waals surface area contributed by atoms with Crippen LogP contribution in [0.1, 0.15) is 43.1 Å². The van der Waals surface area contributed by atoms with Gasteiger partial charge in [0.05, 0.1) is 6.33 Å². The molecule has 1 heterocycles. The molecule has 4 heteroatoms. The Morgan fingerprint density at radius 1 is 1.26 bits per heavy atom. The minimum Gasteiger partial charge on any atom is -0.352 e. The van der Waals surface area contributed by atoms with E-state index in [1.54, 1.807) is 12.5 Å². The lowest BCUT2D eigenvalue weighted by molar-refractivity contribution is 0.0952. The van der Waals surface area contributed by atoms with E-state index in [0.717, 1.165) is 18.5 Å². The van der Waals surface area contributed by atoms with Gasteiger partial charge in [0.15, 0.2) is 0 Å². The fraction of sp³-hybridized carbons (Fsp3) is 0.368. The van der Waals surface area contributed by atoms with Crippen LogP contribution >= 0.6 is 0 Å². The topological polar surface area (TPSA) is 46.9 Å². The van der Waals surface area contributed by atoms with Gasteiger partial charge in [0.25, 0.3) is 5.91 Å². The zero-order valence-corrected chi connectivity index (χ0v) is 14.1. The lowest BCUT2D eigenvalue weighted by Gasteiger charge is -2.11. The number of allylic oxidation sites excluding steroid dienone is 1. The van der Waals surface area contributed by atoms with Gasteiger partial charge in [-0.15, -0.1) is 0 Å². The maximum Gasteiger partial charge on any atom is 0.251 e. The van der Waals surface area contributed by atoms with E-state index in [2.05, 4.69) is 43.2 Å². The van der Waals surface area contributed by atoms with Crippen LogP contribution in [-0.4, -0.2) is 22.0 Å². The number of imidazole rings is 1. The summed E-state index contributed by atoms with van der Waals surface area (Å²) in [4.78, 5) is 16.1. The Morgan fingerprint density at radius 3 is 2.61 bits per heavy atom. The highest BCUT2D eigenvalue weighted by Gasteiger charge is 2.05. The molecule has 0 fully saturated rings. The number of aromatic nitrogens is 2. The smallest absolute Gasteiger partial charge is 0.251 e. The Kier molecular flexibility index (Phi) is 5.74. The van der Waals surface area contributed by atoms with Crippen LogP contribution in [0.5, 0.6) is 0 Å². The van der Waals surface area contributed by atoms with Crippen molar-refractivity contribution in [3.05, 3.63) is 60.2 Å². The molecule has 1 amide bonds. The molecule has 23 heavy (non-hydrogen) atoms. The van der Waals surface area contributed by atoms with Crippen molar-refractivity contribution in [3.8, 4) is 0 Å². The first kappa shape index (κ1) is 17.0. The van der Waals surface area contributed by atoms with E-state index in [4.69, 9.17) is 0 Å². The third kappa shape index (κ3) is 6.10. The number of benzene rings is 1. The molecule has 0 atom stereocenters. The lowest BCUT2D eigenvalue weighted by atomic mass is 9.95. The highest BCUT2D eigenvalue weighted by molar-refractivity contribution is 5.94. The Morgan fingerprint density at radius 2 is 2.00 bits per heavy atom. The Balaban J connectivity index is 1.79. The second-order valence-electron chi connectivity index (χ2n) is 6.73. The molecule has 0 saturated heterocycles. The van der Waals surface area contributed by atoms with Crippen LogP contribution in [0.2, 0.25) is 0 Å². The van der Waals surface area contributed by atoms with Gasteiger partial charge >= 0.3 is 0 Å². The van der Waals surface area contributed by atoms with Crippen molar-refractivity contribution in [1.82, 2.24) is 14.9 Å². The second-order valence-corrected chi connectivity index (χ2v) is 6.73. The minimum absolute atomic E-state index is 0.0259. The molecule has 0 saturated carbocycles. The first-order chi connectivity index (χ1) is 10.9. The summed E-state index contributed by atoms with van der Waals surface area (Å²) >= 11 is 0. The van der Waals surface area contributed by atoms with Crippen LogP contribution in [0.15, 0.2) is 49.1 Å². The van der Waals surface area contributed by atoms with Crippen molar-refractivity contribution in [3.63, 3.8) is 0 Å². The van der Waals surface area contributed by atoms with E-state index in [0.29, 0.717) is 12.1 Å². The Hall–Kier alpha value is -2.36. The van der Waals surface area contributed by atoms with Crippen molar-refractivity contribution in [2.24, 2.45) is 5.41 Å². The molecule has 1 aromatic carbocycles. The van der Waals surface area contributed by atoms with Crippen LogP contribution in [0.4, 0.5) is 0 Å². The van der Waals surface area contributed by atoms with Gasteiger partial charge in [-0.25, -0.2) is 4.98 Å². The molecule has 122 valence electrons. The van der Waals surface area contributed by atoms with Crippen molar-refractivity contribution in [2.45, 2.75) is 33.7 Å². The van der Waals surface area contributed by atoms with E-state index >= 15 is 0 Å². The maximum atomic E-state index is 12.1. The van der Waals surface area contributed by atoms with Crippen LogP contribution in [0, 0.1) is 5.41 Å². The van der Waals surface area contributed by atoms with Crippen LogP contribution in [0.25, 0.3) is 6.08 Å². The van der Waals surface area contributed by atoms with Gasteiger partial charge in [-0.2, -0.15) is 0 Å². The summed E-state index contributed by atoms with van der Waals surface area (Å²) in [5, 5.41) is 2.95. The number of hydrogen-bond donors (Lipinski definition) is 1. The normalized spacial score (nSPS) is 11.8. The average molecular weight is 311 g/mol. The highest BCUT2D eigenvalue weighted by Crippen LogP contribution is 2.17. The Labute approximate surface area is 138 Å². The first-order valence-electron chi connectivity index (χ1n) is 7.97. The van der Waals surface area contributed by atoms with E-state index < -0.39 is 0 Å². The summed E-state index contributed by atoms with van der Waals surface area (Å²) in [5.74, 6) is -0.0259. The average Bonchev–Trinajstić information content (AvgIpc) is 3.02. The summed E-state index contributed by atoms with van der Waals surface area (Å²) in [6, 6.07) is 7.69. The van der Waals surface area contributed by atoms with Gasteiger partial charge in [0.1, 0.15) is 0 Å². The minimum atomic E-state index is -0.0259. The summed E-state index contributed by atoms with van der Waals surface area (Å²) in [6.07, 6.45) is 10.6. The number of nitrogens with zero attached hydrogens (tertiary/aromatic N) is 2. The Bertz CT molecular complexity index is 634. The molecule has 4 nitrogen and oxygen atoms in total. The third-order valence-electron chi connectivity index (χ3n) is 3.39. The molecule has 0 aliphatic heterocycles. The van der Waals surface area contributed by atoms with Gasteiger partial charge in [0, 0.05) is 31.0 Å². The monoisotopic (exact) mass is 311 g/mol.